The Bertz CT molecular complexity index is 675. The molecule has 1 aromatic heterocycles. The van der Waals surface area contributed by atoms with Crippen LogP contribution in [0.4, 0.5) is 10.8 Å². The molecular weight excluding hydrogens is 330 g/mol. The van der Waals surface area contributed by atoms with Gasteiger partial charge in [0, 0.05) is 32.6 Å². The van der Waals surface area contributed by atoms with E-state index < -0.39 is 5.60 Å². The van der Waals surface area contributed by atoms with E-state index in [-0.39, 0.29) is 6.09 Å². The van der Waals surface area contributed by atoms with Crippen LogP contribution < -0.4 is 4.90 Å². The van der Waals surface area contributed by atoms with E-state index in [9.17, 15) is 4.79 Å². The lowest BCUT2D eigenvalue weighted by Gasteiger charge is -2.34. The van der Waals surface area contributed by atoms with Crippen LogP contribution in [-0.2, 0) is 11.2 Å². The van der Waals surface area contributed by atoms with Gasteiger partial charge in [0.15, 0.2) is 0 Å². The molecule has 0 bridgehead atoms. The topological polar surface area (TPSA) is 58.8 Å². The summed E-state index contributed by atoms with van der Waals surface area (Å²) in [7, 11) is 0. The Morgan fingerprint density at radius 1 is 1.31 bits per heavy atom. The summed E-state index contributed by atoms with van der Waals surface area (Å²) < 4.78 is 11.0. The molecule has 142 valence electrons. The number of amides is 1. The van der Waals surface area contributed by atoms with Crippen LogP contribution in [0.2, 0.25) is 0 Å². The van der Waals surface area contributed by atoms with Gasteiger partial charge in [-0.2, -0.15) is 4.98 Å². The Morgan fingerprint density at radius 3 is 2.62 bits per heavy atom. The molecule has 0 N–H and O–H groups in total. The van der Waals surface area contributed by atoms with Gasteiger partial charge in [-0.05, 0) is 33.3 Å². The van der Waals surface area contributed by atoms with Gasteiger partial charge in [0.2, 0.25) is 0 Å². The first-order chi connectivity index (χ1) is 12.3. The number of aromatic nitrogens is 1. The fourth-order valence-electron chi connectivity index (χ4n) is 2.52. The van der Waals surface area contributed by atoms with Crippen molar-refractivity contribution in [1.29, 1.82) is 0 Å². The molecule has 6 heteroatoms. The third-order valence-corrected chi connectivity index (χ3v) is 3.79. The van der Waals surface area contributed by atoms with E-state index in [1.807, 2.05) is 56.9 Å². The van der Waals surface area contributed by atoms with Crippen LogP contribution in [-0.4, -0.2) is 47.8 Å². The van der Waals surface area contributed by atoms with Gasteiger partial charge in [0.1, 0.15) is 11.9 Å². The predicted octanol–water partition coefficient (Wildman–Crippen LogP) is 3.96. The first-order valence-corrected chi connectivity index (χ1v) is 8.93. The lowest BCUT2D eigenvalue weighted by Crippen LogP contribution is -2.50. The average molecular weight is 359 g/mol. The maximum absolute atomic E-state index is 12.1. The summed E-state index contributed by atoms with van der Waals surface area (Å²) in [4.78, 5) is 20.4. The molecule has 0 spiro atoms. The largest absolute Gasteiger partial charge is 0.444 e. The summed E-state index contributed by atoms with van der Waals surface area (Å²) in [6.07, 6.45) is 9.90. The summed E-state index contributed by atoms with van der Waals surface area (Å²) in [6.45, 7) is 14.1. The van der Waals surface area contributed by atoms with E-state index in [2.05, 4.69) is 11.6 Å². The van der Waals surface area contributed by atoms with Gasteiger partial charge in [0.05, 0.1) is 5.69 Å². The zero-order valence-electron chi connectivity index (χ0n) is 16.2. The molecule has 0 unspecified atom stereocenters. The first kappa shape index (κ1) is 19.8. The van der Waals surface area contributed by atoms with Crippen molar-refractivity contribution in [3.05, 3.63) is 48.4 Å². The van der Waals surface area contributed by atoms with Crippen molar-refractivity contribution in [1.82, 2.24) is 9.88 Å². The van der Waals surface area contributed by atoms with Gasteiger partial charge >= 0.3 is 6.09 Å². The van der Waals surface area contributed by atoms with Crippen LogP contribution in [0.15, 0.2) is 47.1 Å². The number of allylic oxidation sites excluding steroid dienone is 5. The average Bonchev–Trinajstić information content (AvgIpc) is 3.02. The number of ether oxygens (including phenoxy) is 1. The summed E-state index contributed by atoms with van der Waals surface area (Å²) in [6, 6.07) is 0.592. The van der Waals surface area contributed by atoms with Crippen LogP contribution in [0.5, 0.6) is 0 Å². The Hall–Kier alpha value is -2.50. The fourth-order valence-corrected chi connectivity index (χ4v) is 2.52. The van der Waals surface area contributed by atoms with Crippen LogP contribution in [0, 0.1) is 0 Å². The smallest absolute Gasteiger partial charge is 0.410 e. The minimum atomic E-state index is -0.477. The van der Waals surface area contributed by atoms with Gasteiger partial charge in [-0.1, -0.05) is 30.9 Å². The van der Waals surface area contributed by atoms with Gasteiger partial charge in [0.25, 0.3) is 6.01 Å². The predicted molar refractivity (Wildman–Crippen MR) is 103 cm³/mol. The van der Waals surface area contributed by atoms with Crippen molar-refractivity contribution in [2.75, 3.05) is 31.1 Å². The van der Waals surface area contributed by atoms with E-state index in [1.54, 1.807) is 11.2 Å². The van der Waals surface area contributed by atoms with E-state index in [1.165, 1.54) is 0 Å². The number of piperazine rings is 1. The van der Waals surface area contributed by atoms with Crippen LogP contribution in [0.3, 0.4) is 0 Å². The maximum atomic E-state index is 12.1. The Morgan fingerprint density at radius 2 is 2.00 bits per heavy atom. The van der Waals surface area contributed by atoms with Gasteiger partial charge in [-0.25, -0.2) is 4.79 Å². The SMILES string of the molecule is C=C(/C=C\C=C/C)Cc1coc(N2CCN(C(=O)OC(C)(C)C)CC2)n1. The fraction of sp³-hybridized carbons (Fsp3) is 0.500. The highest BCUT2D eigenvalue weighted by atomic mass is 16.6. The third kappa shape index (κ3) is 6.10. The second-order valence-electron chi connectivity index (χ2n) is 7.30. The summed E-state index contributed by atoms with van der Waals surface area (Å²) in [5, 5.41) is 0. The second-order valence-corrected chi connectivity index (χ2v) is 7.30. The van der Waals surface area contributed by atoms with Crippen molar-refractivity contribution in [3.8, 4) is 0 Å². The maximum Gasteiger partial charge on any atom is 0.410 e. The minimum Gasteiger partial charge on any atom is -0.444 e. The number of rotatable bonds is 5. The van der Waals surface area contributed by atoms with Crippen LogP contribution in [0.25, 0.3) is 0 Å². The number of oxazole rings is 1. The quantitative estimate of drug-likeness (QED) is 0.745. The van der Waals surface area contributed by atoms with Crippen molar-refractivity contribution >= 4 is 12.1 Å². The number of nitrogens with zero attached hydrogens (tertiary/aromatic N) is 3. The van der Waals surface area contributed by atoms with Crippen molar-refractivity contribution in [3.63, 3.8) is 0 Å². The molecule has 6 nitrogen and oxygen atoms in total. The normalized spacial score (nSPS) is 15.8. The van der Waals surface area contributed by atoms with Crippen molar-refractivity contribution in [2.45, 2.75) is 39.7 Å². The highest BCUT2D eigenvalue weighted by Crippen LogP contribution is 2.19. The summed E-state index contributed by atoms with van der Waals surface area (Å²) >= 11 is 0. The van der Waals surface area contributed by atoms with E-state index >= 15 is 0 Å². The molecule has 1 amide bonds. The Balaban J connectivity index is 1.85. The van der Waals surface area contributed by atoms with Crippen molar-refractivity contribution in [2.24, 2.45) is 0 Å². The molecule has 0 atom stereocenters. The molecule has 1 aromatic rings. The highest BCUT2D eigenvalue weighted by molar-refractivity contribution is 5.68. The van der Waals surface area contributed by atoms with Gasteiger partial charge in [-0.3, -0.25) is 0 Å². The second kappa shape index (κ2) is 8.74. The highest BCUT2D eigenvalue weighted by Gasteiger charge is 2.27. The molecule has 1 aliphatic heterocycles. The lowest BCUT2D eigenvalue weighted by molar-refractivity contribution is 0.0239. The minimum absolute atomic E-state index is 0.269. The zero-order valence-corrected chi connectivity index (χ0v) is 16.2. The van der Waals surface area contributed by atoms with Crippen molar-refractivity contribution < 1.29 is 13.9 Å². The number of hydrogen-bond donors (Lipinski definition) is 0. The third-order valence-electron chi connectivity index (χ3n) is 3.79. The van der Waals surface area contributed by atoms with Crippen LogP contribution in [0.1, 0.15) is 33.4 Å². The van der Waals surface area contributed by atoms with Gasteiger partial charge < -0.3 is 19.0 Å². The first-order valence-electron chi connectivity index (χ1n) is 8.93. The Labute approximate surface area is 155 Å². The molecule has 1 aliphatic rings. The summed E-state index contributed by atoms with van der Waals surface area (Å²) in [5.41, 5.74) is 1.34. The molecule has 1 fully saturated rings. The number of carbonyl (C=O) groups is 1. The molecular formula is C20H29N3O3. The molecule has 2 rings (SSSR count). The molecule has 0 radical (unpaired) electrons. The standard InChI is InChI=1S/C20H29N3O3/c1-6-7-8-9-16(2)14-17-15-25-18(21-17)22-10-12-23(13-11-22)19(24)26-20(3,4)5/h6-9,15H,2,10-14H2,1,3-5H3/b7-6-,9-8-. The molecule has 0 saturated carbocycles. The van der Waals surface area contributed by atoms with Gasteiger partial charge in [-0.15, -0.1) is 0 Å². The Kier molecular flexibility index (Phi) is 6.66. The van der Waals surface area contributed by atoms with E-state index in [4.69, 9.17) is 9.15 Å². The molecule has 26 heavy (non-hydrogen) atoms. The van der Waals surface area contributed by atoms with Crippen LogP contribution >= 0.6 is 0 Å². The summed E-state index contributed by atoms with van der Waals surface area (Å²) in [5.74, 6) is 0. The zero-order chi connectivity index (χ0) is 19.2. The van der Waals surface area contributed by atoms with E-state index in [0.29, 0.717) is 38.6 Å². The van der Waals surface area contributed by atoms with E-state index in [0.717, 1.165) is 11.3 Å². The molecule has 0 aliphatic carbocycles. The molecule has 2 heterocycles. The molecule has 1 saturated heterocycles. The number of anilines is 1. The number of carbonyl (C=O) groups excluding carboxylic acids is 1. The number of hydrogen-bond acceptors (Lipinski definition) is 5. The lowest BCUT2D eigenvalue weighted by atomic mass is 10.1. The molecule has 0 aromatic carbocycles. The monoisotopic (exact) mass is 359 g/mol.